The molecular formula is C15H28N2O2. The van der Waals surface area contributed by atoms with Crippen LogP contribution in [-0.2, 0) is 9.53 Å². The highest BCUT2D eigenvalue weighted by molar-refractivity contribution is 5.79. The summed E-state index contributed by atoms with van der Waals surface area (Å²) in [6, 6.07) is 0. The van der Waals surface area contributed by atoms with Gasteiger partial charge < -0.3 is 15.0 Å². The number of rotatable bonds is 3. The predicted molar refractivity (Wildman–Crippen MR) is 76.0 cm³/mol. The molecular weight excluding hydrogens is 240 g/mol. The lowest BCUT2D eigenvalue weighted by Crippen LogP contribution is -2.44. The van der Waals surface area contributed by atoms with E-state index in [4.69, 9.17) is 4.74 Å². The minimum atomic E-state index is -0.123. The van der Waals surface area contributed by atoms with E-state index in [-0.39, 0.29) is 17.4 Å². The van der Waals surface area contributed by atoms with Crippen LogP contribution in [0, 0.1) is 11.8 Å². The van der Waals surface area contributed by atoms with E-state index < -0.39 is 0 Å². The number of ether oxygens (including phenoxy) is 1. The second-order valence-corrected chi connectivity index (χ2v) is 7.07. The van der Waals surface area contributed by atoms with Gasteiger partial charge in [0, 0.05) is 25.2 Å². The molecule has 4 heteroatoms. The first kappa shape index (κ1) is 14.8. The number of likely N-dealkylation sites (tertiary alicyclic amines) is 1. The van der Waals surface area contributed by atoms with Crippen molar-refractivity contribution in [3.8, 4) is 0 Å². The van der Waals surface area contributed by atoms with Gasteiger partial charge in [0.15, 0.2) is 0 Å². The second-order valence-electron chi connectivity index (χ2n) is 7.07. The van der Waals surface area contributed by atoms with E-state index in [0.29, 0.717) is 5.92 Å². The van der Waals surface area contributed by atoms with E-state index in [1.54, 1.807) is 0 Å². The van der Waals surface area contributed by atoms with Crippen molar-refractivity contribution in [2.24, 2.45) is 11.8 Å². The zero-order chi connectivity index (χ0) is 13.9. The van der Waals surface area contributed by atoms with Crippen molar-refractivity contribution in [2.45, 2.75) is 45.6 Å². The highest BCUT2D eigenvalue weighted by Gasteiger charge is 2.31. The van der Waals surface area contributed by atoms with E-state index >= 15 is 0 Å². The Morgan fingerprint density at radius 3 is 2.79 bits per heavy atom. The summed E-state index contributed by atoms with van der Waals surface area (Å²) in [7, 11) is 0. The summed E-state index contributed by atoms with van der Waals surface area (Å²) in [5.41, 5.74) is -0.123. The predicted octanol–water partition coefficient (Wildman–Crippen LogP) is 1.65. The molecule has 0 aromatic rings. The van der Waals surface area contributed by atoms with Crippen LogP contribution in [0.2, 0.25) is 0 Å². The van der Waals surface area contributed by atoms with Crippen LogP contribution in [0.4, 0.5) is 0 Å². The number of amides is 1. The number of carbonyl (C=O) groups excluding carboxylic acids is 1. The molecule has 0 radical (unpaired) electrons. The number of hydrogen-bond donors (Lipinski definition) is 1. The second kappa shape index (κ2) is 6.23. The van der Waals surface area contributed by atoms with Crippen LogP contribution in [0.5, 0.6) is 0 Å². The first-order valence-corrected chi connectivity index (χ1v) is 7.56. The van der Waals surface area contributed by atoms with Crippen LogP contribution >= 0.6 is 0 Å². The summed E-state index contributed by atoms with van der Waals surface area (Å²) in [6.45, 7) is 11.0. The summed E-state index contributed by atoms with van der Waals surface area (Å²) in [5.74, 6) is 1.05. The van der Waals surface area contributed by atoms with Gasteiger partial charge in [-0.25, -0.2) is 0 Å². The van der Waals surface area contributed by atoms with Gasteiger partial charge in [-0.05, 0) is 52.5 Å². The Hall–Kier alpha value is -0.610. The molecule has 2 saturated heterocycles. The molecule has 0 bridgehead atoms. The van der Waals surface area contributed by atoms with Crippen molar-refractivity contribution in [3.05, 3.63) is 0 Å². The van der Waals surface area contributed by atoms with Crippen molar-refractivity contribution < 1.29 is 9.53 Å². The monoisotopic (exact) mass is 268 g/mol. The summed E-state index contributed by atoms with van der Waals surface area (Å²) in [4.78, 5) is 14.6. The number of nitrogens with one attached hydrogen (secondary N) is 1. The molecule has 0 spiro atoms. The normalized spacial score (nSPS) is 29.4. The molecule has 19 heavy (non-hydrogen) atoms. The maximum atomic E-state index is 12.1. The van der Waals surface area contributed by atoms with E-state index in [0.717, 1.165) is 39.3 Å². The van der Waals surface area contributed by atoms with Crippen LogP contribution in [0.25, 0.3) is 0 Å². The molecule has 0 aliphatic carbocycles. The molecule has 0 saturated carbocycles. The maximum Gasteiger partial charge on any atom is 0.224 e. The van der Waals surface area contributed by atoms with Gasteiger partial charge in [0.25, 0.3) is 0 Å². The van der Waals surface area contributed by atoms with Gasteiger partial charge in [-0.2, -0.15) is 0 Å². The minimum Gasteiger partial charge on any atom is -0.381 e. The lowest BCUT2D eigenvalue weighted by atomic mass is 10.0. The molecule has 2 unspecified atom stereocenters. The fraction of sp³-hybridized carbons (Fsp3) is 0.933. The first-order chi connectivity index (χ1) is 8.94. The van der Waals surface area contributed by atoms with Crippen LogP contribution in [-0.4, -0.2) is 49.2 Å². The minimum absolute atomic E-state index is 0.123. The molecule has 0 aromatic heterocycles. The van der Waals surface area contributed by atoms with Gasteiger partial charge in [0.05, 0.1) is 12.5 Å². The Kier molecular flexibility index (Phi) is 4.85. The van der Waals surface area contributed by atoms with Crippen LogP contribution < -0.4 is 5.32 Å². The van der Waals surface area contributed by atoms with Crippen molar-refractivity contribution in [3.63, 3.8) is 0 Å². The molecule has 2 heterocycles. The molecule has 2 atom stereocenters. The van der Waals surface area contributed by atoms with Crippen LogP contribution in [0.1, 0.15) is 40.0 Å². The molecule has 2 fully saturated rings. The van der Waals surface area contributed by atoms with Gasteiger partial charge in [0.2, 0.25) is 5.91 Å². The number of carbonyl (C=O) groups is 1. The highest BCUT2D eigenvalue weighted by Crippen LogP contribution is 2.21. The maximum absolute atomic E-state index is 12.1. The summed E-state index contributed by atoms with van der Waals surface area (Å²) >= 11 is 0. The zero-order valence-electron chi connectivity index (χ0n) is 12.6. The first-order valence-electron chi connectivity index (χ1n) is 7.56. The Morgan fingerprint density at radius 2 is 2.16 bits per heavy atom. The Morgan fingerprint density at radius 1 is 1.37 bits per heavy atom. The smallest absolute Gasteiger partial charge is 0.224 e. The lowest BCUT2D eigenvalue weighted by molar-refractivity contribution is -0.126. The van der Waals surface area contributed by atoms with Crippen LogP contribution in [0.3, 0.4) is 0 Å². The average Bonchev–Trinajstić information content (AvgIpc) is 2.77. The molecule has 1 N–H and O–H groups in total. The van der Waals surface area contributed by atoms with Gasteiger partial charge in [-0.3, -0.25) is 4.79 Å². The Labute approximate surface area is 116 Å². The van der Waals surface area contributed by atoms with E-state index in [9.17, 15) is 4.79 Å². The molecule has 1 amide bonds. The molecule has 0 aromatic carbocycles. The Bertz CT molecular complexity index is 306. The third-order valence-corrected chi connectivity index (χ3v) is 3.91. The van der Waals surface area contributed by atoms with Gasteiger partial charge in [0.1, 0.15) is 0 Å². The topological polar surface area (TPSA) is 41.6 Å². The van der Waals surface area contributed by atoms with Crippen molar-refractivity contribution in [1.82, 2.24) is 10.2 Å². The lowest BCUT2D eigenvalue weighted by Gasteiger charge is -2.27. The van der Waals surface area contributed by atoms with Gasteiger partial charge in [-0.1, -0.05) is 0 Å². The fourth-order valence-corrected chi connectivity index (χ4v) is 3.00. The number of hydrogen-bond acceptors (Lipinski definition) is 3. The average molecular weight is 268 g/mol. The summed E-state index contributed by atoms with van der Waals surface area (Å²) in [5, 5.41) is 3.09. The fourth-order valence-electron chi connectivity index (χ4n) is 3.00. The third-order valence-electron chi connectivity index (χ3n) is 3.91. The number of nitrogens with zero attached hydrogens (tertiary/aromatic N) is 1. The van der Waals surface area contributed by atoms with Gasteiger partial charge >= 0.3 is 0 Å². The highest BCUT2D eigenvalue weighted by atomic mass is 16.5. The molecule has 110 valence electrons. The van der Waals surface area contributed by atoms with E-state index in [1.165, 1.54) is 12.8 Å². The molecule has 2 aliphatic rings. The molecule has 2 rings (SSSR count). The largest absolute Gasteiger partial charge is 0.381 e. The van der Waals surface area contributed by atoms with Crippen molar-refractivity contribution >= 4 is 5.91 Å². The standard InChI is InChI=1S/C15H28N2O2/c1-15(2,3)16-14(18)13-6-7-17(10-13)9-12-5-4-8-19-11-12/h12-13H,4-11H2,1-3H3,(H,16,18). The van der Waals surface area contributed by atoms with Crippen molar-refractivity contribution in [1.29, 1.82) is 0 Å². The SMILES string of the molecule is CC(C)(C)NC(=O)C1CCN(CC2CCCOC2)C1. The van der Waals surface area contributed by atoms with Crippen LogP contribution in [0.15, 0.2) is 0 Å². The molecule has 2 aliphatic heterocycles. The molecule has 4 nitrogen and oxygen atoms in total. The quantitative estimate of drug-likeness (QED) is 0.846. The summed E-state index contributed by atoms with van der Waals surface area (Å²) < 4.78 is 5.53. The van der Waals surface area contributed by atoms with Crippen molar-refractivity contribution in [2.75, 3.05) is 32.8 Å². The van der Waals surface area contributed by atoms with Gasteiger partial charge in [-0.15, -0.1) is 0 Å². The Balaban J connectivity index is 1.74. The van der Waals surface area contributed by atoms with E-state index in [1.807, 2.05) is 20.8 Å². The third kappa shape index (κ3) is 4.77. The zero-order valence-corrected chi connectivity index (χ0v) is 12.6. The summed E-state index contributed by atoms with van der Waals surface area (Å²) in [6.07, 6.45) is 3.46. The van der Waals surface area contributed by atoms with E-state index in [2.05, 4.69) is 10.2 Å².